The van der Waals surface area contributed by atoms with E-state index in [2.05, 4.69) is 41.2 Å². The quantitative estimate of drug-likeness (QED) is 0.638. The fourth-order valence-corrected chi connectivity index (χ4v) is 5.43. The zero-order valence-electron chi connectivity index (χ0n) is 20.2. The first-order valence-corrected chi connectivity index (χ1v) is 12.4. The summed E-state index contributed by atoms with van der Waals surface area (Å²) >= 11 is 6.27. The summed E-state index contributed by atoms with van der Waals surface area (Å²) in [6, 6.07) is 5.25. The predicted molar refractivity (Wildman–Crippen MR) is 132 cm³/mol. The molecule has 182 valence electrons. The highest BCUT2D eigenvalue weighted by Gasteiger charge is 2.45. The number of hydrogen-bond donors (Lipinski definition) is 2. The maximum absolute atomic E-state index is 13.4. The number of rotatable bonds is 6. The Bertz CT molecular complexity index is 882. The SMILES string of the molecule is CC(=O)Nc1ccc(NC(=O)CN2CCC(C3(C)CCCCN(C(C)C)C3=O)CC2)c(Cl)c1. The van der Waals surface area contributed by atoms with Crippen molar-refractivity contribution in [3.63, 3.8) is 0 Å². The highest BCUT2D eigenvalue weighted by Crippen LogP contribution is 2.43. The molecular formula is C25H37ClN4O3. The van der Waals surface area contributed by atoms with E-state index in [0.717, 1.165) is 51.7 Å². The minimum atomic E-state index is -0.307. The summed E-state index contributed by atoms with van der Waals surface area (Å²) in [6.07, 6.45) is 4.97. The van der Waals surface area contributed by atoms with Gasteiger partial charge in [-0.3, -0.25) is 19.3 Å². The van der Waals surface area contributed by atoms with Gasteiger partial charge in [-0.25, -0.2) is 0 Å². The van der Waals surface area contributed by atoms with Gasteiger partial charge in [0, 0.05) is 30.6 Å². The lowest BCUT2D eigenvalue weighted by Crippen LogP contribution is -2.50. The third kappa shape index (κ3) is 6.27. The number of halogens is 1. The zero-order chi connectivity index (χ0) is 24.2. The summed E-state index contributed by atoms with van der Waals surface area (Å²) in [5.74, 6) is 0.357. The zero-order valence-corrected chi connectivity index (χ0v) is 21.0. The first-order valence-electron chi connectivity index (χ1n) is 12.0. The van der Waals surface area contributed by atoms with Gasteiger partial charge in [0.2, 0.25) is 17.7 Å². The molecule has 2 heterocycles. The molecule has 2 fully saturated rings. The smallest absolute Gasteiger partial charge is 0.238 e. The number of benzene rings is 1. The van der Waals surface area contributed by atoms with E-state index in [0.29, 0.717) is 34.8 Å². The molecule has 0 spiro atoms. The molecule has 1 aromatic rings. The standard InChI is InChI=1S/C25H37ClN4O3/c1-17(2)30-12-6-5-11-25(4,24(30)33)19-9-13-29(14-10-19)16-23(32)28-22-8-7-20(15-21(22)26)27-18(3)31/h7-8,15,17,19H,5-6,9-14,16H2,1-4H3,(H,27,31)(H,28,32). The van der Waals surface area contributed by atoms with E-state index in [-0.39, 0.29) is 23.3 Å². The number of nitrogens with zero attached hydrogens (tertiary/aromatic N) is 2. The summed E-state index contributed by atoms with van der Waals surface area (Å²) < 4.78 is 0. The van der Waals surface area contributed by atoms with E-state index in [4.69, 9.17) is 11.6 Å². The van der Waals surface area contributed by atoms with Gasteiger partial charge in [-0.15, -0.1) is 0 Å². The van der Waals surface area contributed by atoms with Gasteiger partial charge in [-0.2, -0.15) is 0 Å². The van der Waals surface area contributed by atoms with Crippen LogP contribution in [0.3, 0.4) is 0 Å². The number of likely N-dealkylation sites (tertiary alicyclic amines) is 2. The largest absolute Gasteiger partial charge is 0.340 e. The molecule has 0 aliphatic carbocycles. The Balaban J connectivity index is 1.54. The summed E-state index contributed by atoms with van der Waals surface area (Å²) in [4.78, 5) is 41.4. The fraction of sp³-hybridized carbons (Fsp3) is 0.640. The lowest BCUT2D eigenvalue weighted by atomic mass is 9.69. The van der Waals surface area contributed by atoms with Crippen molar-refractivity contribution in [3.8, 4) is 0 Å². The number of amides is 3. The number of anilines is 2. The van der Waals surface area contributed by atoms with Gasteiger partial charge in [0.1, 0.15) is 0 Å². The van der Waals surface area contributed by atoms with Crippen LogP contribution in [-0.2, 0) is 14.4 Å². The lowest BCUT2D eigenvalue weighted by Gasteiger charge is -2.43. The van der Waals surface area contributed by atoms with Crippen LogP contribution in [0.1, 0.15) is 59.8 Å². The highest BCUT2D eigenvalue weighted by molar-refractivity contribution is 6.34. The summed E-state index contributed by atoms with van der Waals surface area (Å²) in [5.41, 5.74) is 0.805. The second-order valence-electron chi connectivity index (χ2n) is 9.94. The van der Waals surface area contributed by atoms with Gasteiger partial charge in [0.05, 0.1) is 17.3 Å². The molecule has 2 N–H and O–H groups in total. The topological polar surface area (TPSA) is 81.8 Å². The minimum Gasteiger partial charge on any atom is -0.340 e. The molecule has 0 bridgehead atoms. The monoisotopic (exact) mass is 476 g/mol. The van der Waals surface area contributed by atoms with Crippen LogP contribution in [0.2, 0.25) is 5.02 Å². The Morgan fingerprint density at radius 1 is 1.15 bits per heavy atom. The highest BCUT2D eigenvalue weighted by atomic mass is 35.5. The Hall–Kier alpha value is -2.12. The molecule has 1 aromatic carbocycles. The van der Waals surface area contributed by atoms with Crippen LogP contribution in [0.25, 0.3) is 0 Å². The second kappa shape index (κ2) is 10.9. The number of carbonyl (C=O) groups excluding carboxylic acids is 3. The van der Waals surface area contributed by atoms with E-state index in [1.165, 1.54) is 6.92 Å². The minimum absolute atomic E-state index is 0.120. The molecule has 1 unspecified atom stereocenters. The number of piperidine rings is 1. The average molecular weight is 477 g/mol. The molecule has 2 aliphatic heterocycles. The van der Waals surface area contributed by atoms with Gasteiger partial charge < -0.3 is 15.5 Å². The van der Waals surface area contributed by atoms with Gasteiger partial charge >= 0.3 is 0 Å². The van der Waals surface area contributed by atoms with Crippen molar-refractivity contribution in [3.05, 3.63) is 23.2 Å². The van der Waals surface area contributed by atoms with Gasteiger partial charge in [0.15, 0.2) is 0 Å². The molecule has 0 saturated carbocycles. The Kier molecular flexibility index (Phi) is 8.40. The Morgan fingerprint density at radius 2 is 1.85 bits per heavy atom. The van der Waals surface area contributed by atoms with E-state index in [1.807, 2.05) is 0 Å². The molecule has 0 radical (unpaired) electrons. The van der Waals surface area contributed by atoms with Crippen molar-refractivity contribution >= 4 is 40.7 Å². The maximum atomic E-state index is 13.4. The second-order valence-corrected chi connectivity index (χ2v) is 10.3. The molecule has 8 heteroatoms. The molecule has 7 nitrogen and oxygen atoms in total. The maximum Gasteiger partial charge on any atom is 0.238 e. The van der Waals surface area contributed by atoms with Crippen molar-refractivity contribution in [1.82, 2.24) is 9.80 Å². The molecular weight excluding hydrogens is 440 g/mol. The van der Waals surface area contributed by atoms with Crippen LogP contribution in [0.5, 0.6) is 0 Å². The van der Waals surface area contributed by atoms with E-state index < -0.39 is 0 Å². The van der Waals surface area contributed by atoms with E-state index >= 15 is 0 Å². The molecule has 2 aliphatic rings. The lowest BCUT2D eigenvalue weighted by molar-refractivity contribution is -0.147. The van der Waals surface area contributed by atoms with Gasteiger partial charge in [0.25, 0.3) is 0 Å². The normalized spacial score (nSPS) is 22.8. The van der Waals surface area contributed by atoms with Crippen LogP contribution >= 0.6 is 11.6 Å². The Labute approximate surface area is 202 Å². The van der Waals surface area contributed by atoms with Gasteiger partial charge in [-0.05, 0) is 76.7 Å². The van der Waals surface area contributed by atoms with Crippen LogP contribution in [-0.4, -0.2) is 59.7 Å². The number of hydrogen-bond acceptors (Lipinski definition) is 4. The van der Waals surface area contributed by atoms with Crippen molar-refractivity contribution in [2.75, 3.05) is 36.8 Å². The van der Waals surface area contributed by atoms with Crippen molar-refractivity contribution in [2.24, 2.45) is 11.3 Å². The van der Waals surface area contributed by atoms with Crippen molar-refractivity contribution in [2.45, 2.75) is 65.8 Å². The third-order valence-corrected chi connectivity index (χ3v) is 7.45. The van der Waals surface area contributed by atoms with Crippen molar-refractivity contribution < 1.29 is 14.4 Å². The number of carbonyl (C=O) groups is 3. The van der Waals surface area contributed by atoms with Crippen LogP contribution in [0.4, 0.5) is 11.4 Å². The third-order valence-electron chi connectivity index (χ3n) is 7.14. The van der Waals surface area contributed by atoms with Crippen LogP contribution < -0.4 is 10.6 Å². The van der Waals surface area contributed by atoms with E-state index in [1.54, 1.807) is 18.2 Å². The Morgan fingerprint density at radius 3 is 2.45 bits per heavy atom. The fourth-order valence-electron chi connectivity index (χ4n) is 5.20. The average Bonchev–Trinajstić information content (AvgIpc) is 2.89. The molecule has 0 aromatic heterocycles. The molecule has 1 atom stereocenters. The molecule has 3 rings (SSSR count). The predicted octanol–water partition coefficient (Wildman–Crippen LogP) is 4.38. The summed E-state index contributed by atoms with van der Waals surface area (Å²) in [6.45, 7) is 10.6. The van der Waals surface area contributed by atoms with Crippen LogP contribution in [0, 0.1) is 11.3 Å². The summed E-state index contributed by atoms with van der Waals surface area (Å²) in [5, 5.41) is 5.92. The van der Waals surface area contributed by atoms with Gasteiger partial charge in [-0.1, -0.05) is 24.9 Å². The number of nitrogens with one attached hydrogen (secondary N) is 2. The molecule has 3 amide bonds. The van der Waals surface area contributed by atoms with Crippen molar-refractivity contribution in [1.29, 1.82) is 0 Å². The first-order chi connectivity index (χ1) is 15.6. The van der Waals surface area contributed by atoms with E-state index in [9.17, 15) is 14.4 Å². The molecule has 2 saturated heterocycles. The van der Waals surface area contributed by atoms with Crippen LogP contribution in [0.15, 0.2) is 18.2 Å². The summed E-state index contributed by atoms with van der Waals surface area (Å²) in [7, 11) is 0. The molecule has 33 heavy (non-hydrogen) atoms. The first kappa shape index (κ1) is 25.5.